The molecule has 2 heterocycles. The van der Waals surface area contributed by atoms with Crippen LogP contribution in [0.15, 0.2) is 40.8 Å². The summed E-state index contributed by atoms with van der Waals surface area (Å²) in [6, 6.07) is 8.70. The van der Waals surface area contributed by atoms with E-state index in [2.05, 4.69) is 5.32 Å². The highest BCUT2D eigenvalue weighted by Gasteiger charge is 2.34. The summed E-state index contributed by atoms with van der Waals surface area (Å²) in [6.07, 6.45) is 1.02. The van der Waals surface area contributed by atoms with E-state index in [-0.39, 0.29) is 35.6 Å². The molecule has 2 aromatic carbocycles. The standard InChI is InChI=1S/C24H27FN2O7S2/c1-14-18-11-19-21(34-23(22(19)24(28)26-2)15-5-7-16(25)8-6-15)12-20(18)27(36(4,31)32)13-17(33-14)9-10-35(3,29)30/h5-8,11-12,14,17H,9-10,13H2,1-4H3,(H,26,28)/t14-,17-/m0/s1. The monoisotopic (exact) mass is 538 g/mol. The predicted octanol–water partition coefficient (Wildman–Crippen LogP) is 3.26. The summed E-state index contributed by atoms with van der Waals surface area (Å²) < 4.78 is 75.8. The van der Waals surface area contributed by atoms with E-state index in [1.807, 2.05) is 0 Å². The molecule has 0 bridgehead atoms. The van der Waals surface area contributed by atoms with Crippen LogP contribution in [0.5, 0.6) is 0 Å². The molecule has 0 fully saturated rings. The fourth-order valence-corrected chi connectivity index (χ4v) is 6.00. The maximum absolute atomic E-state index is 13.5. The highest BCUT2D eigenvalue weighted by Crippen LogP contribution is 2.42. The van der Waals surface area contributed by atoms with E-state index < -0.39 is 43.8 Å². The Labute approximate surface area is 209 Å². The zero-order chi connectivity index (χ0) is 26.4. The summed E-state index contributed by atoms with van der Waals surface area (Å²) in [6.45, 7) is 1.66. The number of ether oxygens (including phenoxy) is 1. The zero-order valence-corrected chi connectivity index (χ0v) is 21.9. The molecule has 1 N–H and O–H groups in total. The van der Waals surface area contributed by atoms with Crippen LogP contribution in [0.25, 0.3) is 22.3 Å². The first kappa shape index (κ1) is 26.1. The van der Waals surface area contributed by atoms with E-state index in [9.17, 15) is 26.0 Å². The van der Waals surface area contributed by atoms with Gasteiger partial charge in [-0.15, -0.1) is 0 Å². The van der Waals surface area contributed by atoms with Gasteiger partial charge >= 0.3 is 0 Å². The van der Waals surface area contributed by atoms with Crippen molar-refractivity contribution in [2.24, 2.45) is 0 Å². The van der Waals surface area contributed by atoms with Crippen molar-refractivity contribution in [3.63, 3.8) is 0 Å². The van der Waals surface area contributed by atoms with Crippen LogP contribution in [0.4, 0.5) is 10.1 Å². The van der Waals surface area contributed by atoms with E-state index >= 15 is 0 Å². The van der Waals surface area contributed by atoms with Crippen LogP contribution in [0.2, 0.25) is 0 Å². The summed E-state index contributed by atoms with van der Waals surface area (Å²) in [5.41, 5.74) is 1.79. The van der Waals surface area contributed by atoms with Gasteiger partial charge in [-0.25, -0.2) is 21.2 Å². The lowest BCUT2D eigenvalue weighted by Gasteiger charge is -2.24. The normalized spacial score (nSPS) is 18.6. The highest BCUT2D eigenvalue weighted by molar-refractivity contribution is 7.92. The Hall–Kier alpha value is -2.96. The number of furan rings is 1. The number of halogens is 1. The molecule has 0 saturated carbocycles. The molecule has 0 aliphatic carbocycles. The number of nitrogens with zero attached hydrogens (tertiary/aromatic N) is 1. The molecular weight excluding hydrogens is 511 g/mol. The molecule has 9 nitrogen and oxygen atoms in total. The molecule has 0 spiro atoms. The lowest BCUT2D eigenvalue weighted by molar-refractivity contribution is 0.00536. The van der Waals surface area contributed by atoms with Crippen molar-refractivity contribution in [2.75, 3.05) is 36.2 Å². The molecule has 0 saturated heterocycles. The molecule has 0 radical (unpaired) electrons. The smallest absolute Gasteiger partial charge is 0.255 e. The quantitative estimate of drug-likeness (QED) is 0.511. The Bertz CT molecular complexity index is 1530. The van der Waals surface area contributed by atoms with Crippen LogP contribution in [0, 0.1) is 5.82 Å². The number of rotatable bonds is 6. The maximum Gasteiger partial charge on any atom is 0.255 e. The van der Waals surface area contributed by atoms with Crippen LogP contribution in [-0.2, 0) is 24.6 Å². The minimum atomic E-state index is -3.78. The lowest BCUT2D eigenvalue weighted by atomic mass is 10.0. The van der Waals surface area contributed by atoms with Crippen molar-refractivity contribution < 1.29 is 35.2 Å². The molecule has 1 aliphatic heterocycles. The minimum absolute atomic E-state index is 0.0783. The number of sulfonamides is 1. The van der Waals surface area contributed by atoms with Gasteiger partial charge in [0.1, 0.15) is 27.0 Å². The molecule has 0 unspecified atom stereocenters. The third-order valence-electron chi connectivity index (χ3n) is 6.08. The van der Waals surface area contributed by atoms with Gasteiger partial charge in [0.15, 0.2) is 0 Å². The third kappa shape index (κ3) is 5.25. The molecule has 1 aromatic heterocycles. The first-order valence-electron chi connectivity index (χ1n) is 11.2. The van der Waals surface area contributed by atoms with Crippen molar-refractivity contribution in [1.29, 1.82) is 0 Å². The lowest BCUT2D eigenvalue weighted by Crippen LogP contribution is -2.37. The average Bonchev–Trinajstić information content (AvgIpc) is 3.09. The Morgan fingerprint density at radius 3 is 2.39 bits per heavy atom. The van der Waals surface area contributed by atoms with Gasteiger partial charge in [-0.1, -0.05) is 0 Å². The molecule has 2 atom stereocenters. The van der Waals surface area contributed by atoms with Crippen LogP contribution < -0.4 is 9.62 Å². The van der Waals surface area contributed by atoms with E-state index in [1.165, 1.54) is 35.6 Å². The van der Waals surface area contributed by atoms with Crippen molar-refractivity contribution in [3.8, 4) is 11.3 Å². The zero-order valence-electron chi connectivity index (χ0n) is 20.2. The van der Waals surface area contributed by atoms with E-state index in [1.54, 1.807) is 19.1 Å². The number of anilines is 1. The summed E-state index contributed by atoms with van der Waals surface area (Å²) in [4.78, 5) is 12.9. The second-order valence-corrected chi connectivity index (χ2v) is 13.1. The number of hydrogen-bond acceptors (Lipinski definition) is 7. The van der Waals surface area contributed by atoms with Gasteiger partial charge in [-0.05, 0) is 43.7 Å². The fourth-order valence-electron chi connectivity index (χ4n) is 4.35. The first-order valence-corrected chi connectivity index (χ1v) is 15.1. The summed E-state index contributed by atoms with van der Waals surface area (Å²) in [5.74, 6) is -0.804. The van der Waals surface area contributed by atoms with Crippen molar-refractivity contribution in [2.45, 2.75) is 25.6 Å². The second-order valence-electron chi connectivity index (χ2n) is 8.91. The van der Waals surface area contributed by atoms with Crippen LogP contribution in [-0.4, -0.2) is 60.7 Å². The molecule has 1 amide bonds. The van der Waals surface area contributed by atoms with Crippen LogP contribution in [0.3, 0.4) is 0 Å². The van der Waals surface area contributed by atoms with Crippen molar-refractivity contribution >= 4 is 42.4 Å². The number of benzene rings is 2. The van der Waals surface area contributed by atoms with Gasteiger partial charge in [0.05, 0.1) is 42.0 Å². The van der Waals surface area contributed by atoms with Crippen molar-refractivity contribution in [3.05, 3.63) is 53.3 Å². The molecule has 36 heavy (non-hydrogen) atoms. The number of carbonyl (C=O) groups excluding carboxylic acids is 1. The topological polar surface area (TPSA) is 123 Å². The van der Waals surface area contributed by atoms with Gasteiger partial charge in [0.25, 0.3) is 5.91 Å². The summed E-state index contributed by atoms with van der Waals surface area (Å²) in [5, 5.41) is 3.02. The van der Waals surface area contributed by atoms with Crippen LogP contribution >= 0.6 is 0 Å². The molecule has 1 aliphatic rings. The van der Waals surface area contributed by atoms with Crippen LogP contribution in [0.1, 0.15) is 35.4 Å². The van der Waals surface area contributed by atoms with E-state index in [0.29, 0.717) is 22.2 Å². The largest absolute Gasteiger partial charge is 0.455 e. The molecule has 194 valence electrons. The first-order chi connectivity index (χ1) is 16.8. The third-order valence-corrected chi connectivity index (χ3v) is 8.21. The summed E-state index contributed by atoms with van der Waals surface area (Å²) in [7, 11) is -5.59. The molecule has 3 aromatic rings. The molecule has 12 heteroatoms. The summed E-state index contributed by atoms with van der Waals surface area (Å²) >= 11 is 0. The Kier molecular flexibility index (Phi) is 6.88. The van der Waals surface area contributed by atoms with Gasteiger partial charge in [-0.2, -0.15) is 0 Å². The van der Waals surface area contributed by atoms with E-state index in [0.717, 1.165) is 12.5 Å². The number of carbonyl (C=O) groups is 1. The number of sulfone groups is 1. The Morgan fingerprint density at radius 1 is 1.14 bits per heavy atom. The van der Waals surface area contributed by atoms with Crippen molar-refractivity contribution in [1.82, 2.24) is 5.32 Å². The van der Waals surface area contributed by atoms with Gasteiger partial charge < -0.3 is 14.5 Å². The fraction of sp³-hybridized carbons (Fsp3) is 0.375. The van der Waals surface area contributed by atoms with Gasteiger partial charge in [0.2, 0.25) is 10.0 Å². The Balaban J connectivity index is 1.91. The highest BCUT2D eigenvalue weighted by atomic mass is 32.2. The predicted molar refractivity (Wildman–Crippen MR) is 135 cm³/mol. The number of amides is 1. The van der Waals surface area contributed by atoms with Gasteiger partial charge in [-0.3, -0.25) is 9.10 Å². The SMILES string of the molecule is CNC(=O)c1c(-c2ccc(F)cc2)oc2cc3c(cc12)[C@H](C)O[C@@H](CCS(C)(=O)=O)CN3S(C)(=O)=O. The minimum Gasteiger partial charge on any atom is -0.455 e. The number of nitrogens with one attached hydrogen (secondary N) is 1. The molecular formula is C24H27FN2O7S2. The Morgan fingerprint density at radius 2 is 1.81 bits per heavy atom. The maximum atomic E-state index is 13.5. The number of hydrogen-bond donors (Lipinski definition) is 1. The average molecular weight is 539 g/mol. The molecule has 4 rings (SSSR count). The van der Waals surface area contributed by atoms with Gasteiger partial charge in [0, 0.05) is 35.9 Å². The van der Waals surface area contributed by atoms with E-state index in [4.69, 9.17) is 9.15 Å². The second kappa shape index (κ2) is 9.49. The number of fused-ring (bicyclic) bond motifs is 2.